The van der Waals surface area contributed by atoms with Crippen molar-refractivity contribution in [2.45, 2.75) is 39.0 Å². The second kappa shape index (κ2) is 6.59. The second-order valence-electron chi connectivity index (χ2n) is 7.37. The summed E-state index contributed by atoms with van der Waals surface area (Å²) in [6, 6.07) is 1.80. The van der Waals surface area contributed by atoms with Crippen molar-refractivity contribution in [2.24, 2.45) is 11.8 Å². The van der Waals surface area contributed by atoms with E-state index in [1.807, 2.05) is 4.90 Å². The van der Waals surface area contributed by atoms with E-state index < -0.39 is 0 Å². The first kappa shape index (κ1) is 17.3. The molecule has 5 nitrogen and oxygen atoms in total. The molecule has 2 aliphatic heterocycles. The lowest BCUT2D eigenvalue weighted by Gasteiger charge is -2.19. The topological polar surface area (TPSA) is 58.4 Å². The Morgan fingerprint density at radius 1 is 1.27 bits per heavy atom. The van der Waals surface area contributed by atoms with Crippen LogP contribution in [-0.2, 0) is 5.41 Å². The molecule has 2 saturated heterocycles. The van der Waals surface area contributed by atoms with Crippen molar-refractivity contribution in [3.05, 3.63) is 17.5 Å². The Hall–Kier alpha value is -1.07. The minimum atomic E-state index is -0.118. The first-order valence-electron chi connectivity index (χ1n) is 7.92. The standard InChI is InChI=1S/C16H25N3O2.ClH/c1-16(2,3)14-8-13(18-21-14)15(20)19-6-4-11-9-17-10-12(11)5-7-19;/h8,11-12,17H,4-7,9-10H2,1-3H3;1H/t11-,12+;. The third-order valence-electron chi connectivity index (χ3n) is 4.78. The Bertz CT molecular complexity index is 510. The van der Waals surface area contributed by atoms with Gasteiger partial charge in [-0.25, -0.2) is 0 Å². The maximum absolute atomic E-state index is 12.6. The second-order valence-corrected chi connectivity index (χ2v) is 7.37. The van der Waals surface area contributed by atoms with Gasteiger partial charge in [-0.2, -0.15) is 0 Å². The molecule has 1 aromatic rings. The summed E-state index contributed by atoms with van der Waals surface area (Å²) in [5.41, 5.74) is 0.331. The molecule has 0 saturated carbocycles. The van der Waals surface area contributed by atoms with E-state index in [2.05, 4.69) is 31.2 Å². The first-order chi connectivity index (χ1) is 9.95. The number of carbonyl (C=O) groups excluding carboxylic acids is 1. The highest BCUT2D eigenvalue weighted by molar-refractivity contribution is 5.92. The molecular weight excluding hydrogens is 302 g/mol. The molecule has 2 atom stereocenters. The molecular formula is C16H26ClN3O2. The number of amides is 1. The highest BCUT2D eigenvalue weighted by Crippen LogP contribution is 2.28. The average molecular weight is 328 g/mol. The van der Waals surface area contributed by atoms with Gasteiger partial charge in [0.1, 0.15) is 5.76 Å². The van der Waals surface area contributed by atoms with Crippen molar-refractivity contribution < 1.29 is 9.32 Å². The third kappa shape index (κ3) is 3.46. The van der Waals surface area contributed by atoms with E-state index in [9.17, 15) is 4.79 Å². The van der Waals surface area contributed by atoms with Crippen molar-refractivity contribution in [1.82, 2.24) is 15.4 Å². The summed E-state index contributed by atoms with van der Waals surface area (Å²) in [6.07, 6.45) is 2.18. The number of likely N-dealkylation sites (tertiary alicyclic amines) is 1. The summed E-state index contributed by atoms with van der Waals surface area (Å²) in [4.78, 5) is 14.5. The molecule has 0 spiro atoms. The van der Waals surface area contributed by atoms with Crippen LogP contribution in [0.3, 0.4) is 0 Å². The first-order valence-corrected chi connectivity index (χ1v) is 7.92. The summed E-state index contributed by atoms with van der Waals surface area (Å²) in [6.45, 7) is 10.0. The van der Waals surface area contributed by atoms with E-state index in [1.54, 1.807) is 6.07 Å². The van der Waals surface area contributed by atoms with Crippen LogP contribution in [-0.4, -0.2) is 42.1 Å². The van der Waals surface area contributed by atoms with Crippen molar-refractivity contribution in [3.63, 3.8) is 0 Å². The van der Waals surface area contributed by atoms with Crippen LogP contribution < -0.4 is 5.32 Å². The van der Waals surface area contributed by atoms with Gasteiger partial charge in [0.2, 0.25) is 0 Å². The predicted molar refractivity (Wildman–Crippen MR) is 87.4 cm³/mol. The molecule has 0 aliphatic carbocycles. The zero-order valence-electron chi connectivity index (χ0n) is 13.6. The number of halogens is 1. The van der Waals surface area contributed by atoms with Gasteiger partial charge in [-0.1, -0.05) is 25.9 Å². The molecule has 1 aromatic heterocycles. The Morgan fingerprint density at radius 3 is 2.36 bits per heavy atom. The quantitative estimate of drug-likeness (QED) is 0.861. The monoisotopic (exact) mass is 327 g/mol. The van der Waals surface area contributed by atoms with Gasteiger partial charge in [-0.3, -0.25) is 4.79 Å². The molecule has 3 heterocycles. The summed E-state index contributed by atoms with van der Waals surface area (Å²) < 4.78 is 5.34. The Kier molecular flexibility index (Phi) is 5.17. The molecule has 0 radical (unpaired) electrons. The van der Waals surface area contributed by atoms with Gasteiger partial charge < -0.3 is 14.7 Å². The number of nitrogens with zero attached hydrogens (tertiary/aromatic N) is 2. The van der Waals surface area contributed by atoms with Crippen molar-refractivity contribution >= 4 is 18.3 Å². The van der Waals surface area contributed by atoms with Crippen LogP contribution in [0.1, 0.15) is 49.9 Å². The van der Waals surface area contributed by atoms with Gasteiger partial charge in [0.05, 0.1) is 0 Å². The number of fused-ring (bicyclic) bond motifs is 1. The van der Waals surface area contributed by atoms with Crippen LogP contribution in [0.25, 0.3) is 0 Å². The Labute approximate surface area is 138 Å². The lowest BCUT2D eigenvalue weighted by Crippen LogP contribution is -2.33. The smallest absolute Gasteiger partial charge is 0.276 e. The maximum Gasteiger partial charge on any atom is 0.276 e. The van der Waals surface area contributed by atoms with Crippen LogP contribution in [0.2, 0.25) is 0 Å². The SMILES string of the molecule is CC(C)(C)c1cc(C(=O)N2CC[C@@H]3CNC[C@@H]3CC2)no1.Cl. The number of hydrogen-bond donors (Lipinski definition) is 1. The van der Waals surface area contributed by atoms with Gasteiger partial charge in [0, 0.05) is 24.6 Å². The summed E-state index contributed by atoms with van der Waals surface area (Å²) >= 11 is 0. The summed E-state index contributed by atoms with van der Waals surface area (Å²) in [5, 5.41) is 7.44. The molecule has 22 heavy (non-hydrogen) atoms. The third-order valence-corrected chi connectivity index (χ3v) is 4.78. The number of aromatic nitrogens is 1. The Morgan fingerprint density at radius 2 is 1.86 bits per heavy atom. The van der Waals surface area contributed by atoms with E-state index in [0.29, 0.717) is 5.69 Å². The van der Waals surface area contributed by atoms with Crippen LogP contribution in [0.4, 0.5) is 0 Å². The van der Waals surface area contributed by atoms with Gasteiger partial charge in [-0.15, -0.1) is 12.4 Å². The highest BCUT2D eigenvalue weighted by Gasteiger charge is 2.32. The summed E-state index contributed by atoms with van der Waals surface area (Å²) in [5.74, 6) is 2.24. The van der Waals surface area contributed by atoms with E-state index in [4.69, 9.17) is 4.52 Å². The number of carbonyl (C=O) groups is 1. The molecule has 3 rings (SSSR count). The minimum absolute atomic E-state index is 0. The van der Waals surface area contributed by atoms with E-state index in [1.165, 1.54) is 0 Å². The normalized spacial score (nSPS) is 25.3. The summed E-state index contributed by atoms with van der Waals surface area (Å²) in [7, 11) is 0. The van der Waals surface area contributed by atoms with Gasteiger partial charge in [-0.05, 0) is 37.8 Å². The predicted octanol–water partition coefficient (Wildman–Crippen LogP) is 2.47. The lowest BCUT2D eigenvalue weighted by molar-refractivity contribution is 0.0748. The van der Waals surface area contributed by atoms with Crippen LogP contribution in [0.15, 0.2) is 10.6 Å². The lowest BCUT2D eigenvalue weighted by atomic mass is 9.92. The van der Waals surface area contributed by atoms with Crippen molar-refractivity contribution in [3.8, 4) is 0 Å². The molecule has 6 heteroatoms. The zero-order chi connectivity index (χ0) is 15.0. The van der Waals surface area contributed by atoms with Crippen molar-refractivity contribution in [1.29, 1.82) is 0 Å². The number of rotatable bonds is 1. The number of hydrogen-bond acceptors (Lipinski definition) is 4. The largest absolute Gasteiger partial charge is 0.360 e. The van der Waals surface area contributed by atoms with Gasteiger partial charge in [0.25, 0.3) is 5.91 Å². The zero-order valence-corrected chi connectivity index (χ0v) is 14.4. The van der Waals surface area contributed by atoms with Gasteiger partial charge >= 0.3 is 0 Å². The molecule has 2 aliphatic rings. The van der Waals surface area contributed by atoms with Crippen LogP contribution in [0.5, 0.6) is 0 Å². The fourth-order valence-electron chi connectivity index (χ4n) is 3.31. The van der Waals surface area contributed by atoms with Crippen LogP contribution >= 0.6 is 12.4 Å². The molecule has 1 N–H and O–H groups in total. The van der Waals surface area contributed by atoms with E-state index in [-0.39, 0.29) is 23.7 Å². The van der Waals surface area contributed by atoms with Crippen molar-refractivity contribution in [2.75, 3.05) is 26.2 Å². The minimum Gasteiger partial charge on any atom is -0.360 e. The average Bonchev–Trinajstić information content (AvgIpc) is 3.03. The van der Waals surface area contributed by atoms with E-state index >= 15 is 0 Å². The highest BCUT2D eigenvalue weighted by atomic mass is 35.5. The van der Waals surface area contributed by atoms with E-state index in [0.717, 1.165) is 56.6 Å². The number of nitrogens with one attached hydrogen (secondary N) is 1. The molecule has 1 amide bonds. The molecule has 0 aromatic carbocycles. The fourth-order valence-corrected chi connectivity index (χ4v) is 3.31. The molecule has 2 fully saturated rings. The Balaban J connectivity index is 0.00000176. The molecule has 124 valence electrons. The maximum atomic E-state index is 12.6. The van der Waals surface area contributed by atoms with Gasteiger partial charge in [0.15, 0.2) is 5.69 Å². The molecule has 0 bridgehead atoms. The van der Waals surface area contributed by atoms with Crippen LogP contribution in [0, 0.1) is 11.8 Å². The fraction of sp³-hybridized carbons (Fsp3) is 0.750. The molecule has 0 unspecified atom stereocenters.